The third-order valence-electron chi connectivity index (χ3n) is 4.98. The van der Waals surface area contributed by atoms with Gasteiger partial charge in [-0.05, 0) is 12.8 Å². The van der Waals surface area contributed by atoms with Crippen LogP contribution in [0.15, 0.2) is 0 Å². The van der Waals surface area contributed by atoms with E-state index in [-0.39, 0.29) is 5.60 Å². The van der Waals surface area contributed by atoms with Gasteiger partial charge < -0.3 is 10.1 Å². The lowest BCUT2D eigenvalue weighted by Crippen LogP contribution is -2.44. The number of likely N-dealkylation sites (tertiary alicyclic amines) is 1. The van der Waals surface area contributed by atoms with E-state index in [9.17, 15) is 0 Å². The first-order valence-corrected chi connectivity index (χ1v) is 6.84. The van der Waals surface area contributed by atoms with E-state index in [1.54, 1.807) is 0 Å². The summed E-state index contributed by atoms with van der Waals surface area (Å²) in [5.41, 5.74) is 0.136. The molecule has 3 fully saturated rings. The van der Waals surface area contributed by atoms with E-state index in [0.717, 1.165) is 31.6 Å². The third-order valence-corrected chi connectivity index (χ3v) is 4.98. The summed E-state index contributed by atoms with van der Waals surface area (Å²) in [6, 6.07) is 0.853. The molecule has 0 aromatic heterocycles. The number of fused-ring (bicyclic) bond motifs is 1. The second-order valence-electron chi connectivity index (χ2n) is 5.82. The predicted octanol–water partition coefficient (Wildman–Crippen LogP) is 1.24. The summed E-state index contributed by atoms with van der Waals surface area (Å²) in [5.74, 6) is 0.722. The van der Waals surface area contributed by atoms with Crippen molar-refractivity contribution in [1.29, 1.82) is 0 Å². The maximum atomic E-state index is 5.84. The molecule has 2 atom stereocenters. The second-order valence-corrected chi connectivity index (χ2v) is 5.82. The largest absolute Gasteiger partial charge is 0.375 e. The van der Waals surface area contributed by atoms with Crippen molar-refractivity contribution in [2.75, 3.05) is 33.3 Å². The monoisotopic (exact) mass is 224 g/mol. The summed E-state index contributed by atoms with van der Waals surface area (Å²) >= 11 is 0. The number of rotatable bonds is 2. The quantitative estimate of drug-likeness (QED) is 0.764. The number of ether oxygens (including phenoxy) is 1. The van der Waals surface area contributed by atoms with Gasteiger partial charge in [0.1, 0.15) is 0 Å². The van der Waals surface area contributed by atoms with Crippen LogP contribution in [-0.2, 0) is 4.74 Å². The summed E-state index contributed by atoms with van der Waals surface area (Å²) < 4.78 is 5.84. The van der Waals surface area contributed by atoms with Gasteiger partial charge in [0.15, 0.2) is 0 Å². The van der Waals surface area contributed by atoms with E-state index in [4.69, 9.17) is 4.74 Å². The third kappa shape index (κ3) is 1.69. The van der Waals surface area contributed by atoms with Crippen LogP contribution in [0.3, 0.4) is 0 Å². The van der Waals surface area contributed by atoms with E-state index in [2.05, 4.69) is 10.2 Å². The Bertz CT molecular complexity index is 252. The molecule has 3 heteroatoms. The van der Waals surface area contributed by atoms with Gasteiger partial charge in [0.2, 0.25) is 0 Å². The van der Waals surface area contributed by atoms with E-state index >= 15 is 0 Å². The van der Waals surface area contributed by atoms with Crippen molar-refractivity contribution < 1.29 is 4.74 Å². The zero-order valence-corrected chi connectivity index (χ0v) is 10.4. The van der Waals surface area contributed by atoms with Crippen molar-refractivity contribution >= 4 is 0 Å². The molecule has 1 aliphatic carbocycles. The first-order valence-electron chi connectivity index (χ1n) is 6.84. The lowest BCUT2D eigenvalue weighted by molar-refractivity contribution is -0.00919. The Labute approximate surface area is 98.5 Å². The summed E-state index contributed by atoms with van der Waals surface area (Å²) in [6.07, 6.45) is 7.15. The molecule has 92 valence electrons. The standard InChI is InChI=1S/C13H24N2O/c1-16-13-9-14-7-11(13)8-15(10-13)12-5-3-2-4-6-12/h11-12,14H,2-10H2,1H3. The molecule has 16 heavy (non-hydrogen) atoms. The molecular weight excluding hydrogens is 200 g/mol. The summed E-state index contributed by atoms with van der Waals surface area (Å²) in [6.45, 7) is 4.62. The minimum atomic E-state index is 0.136. The first kappa shape index (κ1) is 11.0. The van der Waals surface area contributed by atoms with Gasteiger partial charge in [0.05, 0.1) is 5.60 Å². The minimum Gasteiger partial charge on any atom is -0.375 e. The van der Waals surface area contributed by atoms with E-state index in [0.29, 0.717) is 0 Å². The van der Waals surface area contributed by atoms with Crippen LogP contribution in [-0.4, -0.2) is 49.8 Å². The Morgan fingerprint density at radius 2 is 2.06 bits per heavy atom. The maximum Gasteiger partial charge on any atom is 0.0980 e. The van der Waals surface area contributed by atoms with Gasteiger partial charge in [-0.2, -0.15) is 0 Å². The molecule has 3 nitrogen and oxygen atoms in total. The summed E-state index contributed by atoms with van der Waals surface area (Å²) in [7, 11) is 1.89. The highest BCUT2D eigenvalue weighted by Crippen LogP contribution is 2.37. The van der Waals surface area contributed by atoms with Crippen molar-refractivity contribution in [2.24, 2.45) is 5.92 Å². The lowest BCUT2D eigenvalue weighted by Gasteiger charge is -2.33. The predicted molar refractivity (Wildman–Crippen MR) is 64.5 cm³/mol. The second kappa shape index (κ2) is 4.28. The highest BCUT2D eigenvalue weighted by Gasteiger charge is 2.51. The van der Waals surface area contributed by atoms with Crippen LogP contribution >= 0.6 is 0 Å². The smallest absolute Gasteiger partial charge is 0.0980 e. The van der Waals surface area contributed by atoms with Crippen LogP contribution in [0.2, 0.25) is 0 Å². The molecule has 0 aromatic carbocycles. The Morgan fingerprint density at radius 3 is 2.75 bits per heavy atom. The Hall–Kier alpha value is -0.120. The molecule has 0 radical (unpaired) electrons. The number of nitrogens with one attached hydrogen (secondary N) is 1. The first-order chi connectivity index (χ1) is 7.84. The van der Waals surface area contributed by atoms with Gasteiger partial charge in [-0.1, -0.05) is 19.3 Å². The van der Waals surface area contributed by atoms with Crippen molar-refractivity contribution in [2.45, 2.75) is 43.7 Å². The molecule has 1 saturated carbocycles. The van der Waals surface area contributed by atoms with Crippen molar-refractivity contribution in [3.63, 3.8) is 0 Å². The lowest BCUT2D eigenvalue weighted by atomic mass is 9.94. The molecule has 2 unspecified atom stereocenters. The highest BCUT2D eigenvalue weighted by atomic mass is 16.5. The molecule has 1 N–H and O–H groups in total. The van der Waals surface area contributed by atoms with Crippen LogP contribution in [0.5, 0.6) is 0 Å². The molecule has 0 bridgehead atoms. The normalized spacial score (nSPS) is 41.4. The Kier molecular flexibility index (Phi) is 2.94. The SMILES string of the molecule is COC12CNCC1CN(C1CCCCC1)C2. The molecule has 2 heterocycles. The van der Waals surface area contributed by atoms with Gasteiger partial charge in [0.25, 0.3) is 0 Å². The fraction of sp³-hybridized carbons (Fsp3) is 1.00. The topological polar surface area (TPSA) is 24.5 Å². The maximum absolute atomic E-state index is 5.84. The molecule has 3 rings (SSSR count). The van der Waals surface area contributed by atoms with Crippen molar-refractivity contribution in [3.05, 3.63) is 0 Å². The molecule has 0 spiro atoms. The highest BCUT2D eigenvalue weighted by molar-refractivity contribution is 5.06. The van der Waals surface area contributed by atoms with Crippen molar-refractivity contribution in [3.8, 4) is 0 Å². The molecule has 2 saturated heterocycles. The number of hydrogen-bond donors (Lipinski definition) is 1. The average Bonchev–Trinajstić information content (AvgIpc) is 2.86. The van der Waals surface area contributed by atoms with Gasteiger partial charge in [-0.15, -0.1) is 0 Å². The summed E-state index contributed by atoms with van der Waals surface area (Å²) in [4.78, 5) is 2.72. The number of hydrogen-bond acceptors (Lipinski definition) is 3. The Morgan fingerprint density at radius 1 is 1.25 bits per heavy atom. The molecule has 0 amide bonds. The van der Waals surface area contributed by atoms with Crippen LogP contribution in [0.4, 0.5) is 0 Å². The van der Waals surface area contributed by atoms with E-state index in [1.165, 1.54) is 38.6 Å². The summed E-state index contributed by atoms with van der Waals surface area (Å²) in [5, 5.41) is 3.49. The number of nitrogens with zero attached hydrogens (tertiary/aromatic N) is 1. The molecule has 2 aliphatic heterocycles. The molecule has 0 aromatic rings. The zero-order chi connectivity index (χ0) is 11.0. The number of methoxy groups -OCH3 is 1. The molecule has 3 aliphatic rings. The fourth-order valence-corrected chi connectivity index (χ4v) is 3.92. The van der Waals surface area contributed by atoms with E-state index in [1.807, 2.05) is 7.11 Å². The zero-order valence-electron chi connectivity index (χ0n) is 10.4. The van der Waals surface area contributed by atoms with Crippen molar-refractivity contribution in [1.82, 2.24) is 10.2 Å². The van der Waals surface area contributed by atoms with Crippen LogP contribution in [0.1, 0.15) is 32.1 Å². The van der Waals surface area contributed by atoms with Gasteiger partial charge >= 0.3 is 0 Å². The van der Waals surface area contributed by atoms with Crippen LogP contribution < -0.4 is 5.32 Å². The van der Waals surface area contributed by atoms with Crippen LogP contribution in [0, 0.1) is 5.92 Å². The van der Waals surface area contributed by atoms with Gasteiger partial charge in [0, 0.05) is 45.2 Å². The van der Waals surface area contributed by atoms with Gasteiger partial charge in [-0.25, -0.2) is 0 Å². The van der Waals surface area contributed by atoms with Gasteiger partial charge in [-0.3, -0.25) is 4.90 Å². The Balaban J connectivity index is 1.67. The van der Waals surface area contributed by atoms with E-state index < -0.39 is 0 Å². The fourth-order valence-electron chi connectivity index (χ4n) is 3.92. The van der Waals surface area contributed by atoms with Crippen LogP contribution in [0.25, 0.3) is 0 Å². The average molecular weight is 224 g/mol. The minimum absolute atomic E-state index is 0.136. The molecular formula is C13H24N2O.